The summed E-state index contributed by atoms with van der Waals surface area (Å²) >= 11 is 0. The average Bonchev–Trinajstić information content (AvgIpc) is 2.74. The predicted molar refractivity (Wildman–Crippen MR) is 77.2 cm³/mol. The second-order valence-electron chi connectivity index (χ2n) is 5.04. The van der Waals surface area contributed by atoms with Crippen LogP contribution in [-0.4, -0.2) is 18.0 Å². The largest absolute Gasteiger partial charge is 0.376 e. The number of amides is 1. The monoisotopic (exact) mass is 268 g/mol. The van der Waals surface area contributed by atoms with Crippen LogP contribution in [0, 0.1) is 0 Å². The number of halogens is 1. The molecule has 2 N–H and O–H groups in total. The summed E-state index contributed by atoms with van der Waals surface area (Å²) in [5, 5.41) is 6.25. The Morgan fingerprint density at radius 1 is 1.22 bits per heavy atom. The van der Waals surface area contributed by atoms with Crippen molar-refractivity contribution in [2.75, 3.05) is 11.9 Å². The van der Waals surface area contributed by atoms with Gasteiger partial charge in [0.2, 0.25) is 5.91 Å². The van der Waals surface area contributed by atoms with Gasteiger partial charge in [-0.25, -0.2) is 0 Å². The number of hydrogen-bond donors (Lipinski definition) is 2. The molecule has 0 aliphatic heterocycles. The Bertz CT molecular complexity index is 375. The molecule has 2 rings (SSSR count). The Balaban J connectivity index is 0.00000162. The molecule has 1 amide bonds. The molecule has 1 aliphatic carbocycles. The normalized spacial score (nSPS) is 16.7. The standard InChI is InChI=1S/C14H20N2O.ClH/c1-14(9-5-6-10-14)16-13(17)11-15-12-7-3-2-4-8-12;/h2-4,7-8,15H,5-6,9-11H2,1H3,(H,16,17);1H. The smallest absolute Gasteiger partial charge is 0.239 e. The zero-order chi connectivity index (χ0) is 12.1. The first-order valence-corrected chi connectivity index (χ1v) is 6.28. The lowest BCUT2D eigenvalue weighted by Gasteiger charge is -2.25. The van der Waals surface area contributed by atoms with Gasteiger partial charge in [0.1, 0.15) is 0 Å². The molecule has 100 valence electrons. The highest BCUT2D eigenvalue weighted by Gasteiger charge is 2.29. The van der Waals surface area contributed by atoms with Gasteiger partial charge >= 0.3 is 0 Å². The topological polar surface area (TPSA) is 41.1 Å². The van der Waals surface area contributed by atoms with E-state index in [0.717, 1.165) is 18.5 Å². The highest BCUT2D eigenvalue weighted by atomic mass is 35.5. The van der Waals surface area contributed by atoms with Gasteiger partial charge in [-0.3, -0.25) is 4.79 Å². The van der Waals surface area contributed by atoms with E-state index >= 15 is 0 Å². The van der Waals surface area contributed by atoms with E-state index < -0.39 is 0 Å². The number of rotatable bonds is 4. The van der Waals surface area contributed by atoms with Gasteiger partial charge in [-0.05, 0) is 31.9 Å². The molecule has 1 aromatic rings. The summed E-state index contributed by atoms with van der Waals surface area (Å²) in [6, 6.07) is 9.80. The Morgan fingerprint density at radius 2 is 1.83 bits per heavy atom. The third-order valence-corrected chi connectivity index (χ3v) is 3.38. The van der Waals surface area contributed by atoms with Crippen molar-refractivity contribution in [3.8, 4) is 0 Å². The van der Waals surface area contributed by atoms with Crippen LogP contribution in [0.25, 0.3) is 0 Å². The quantitative estimate of drug-likeness (QED) is 0.882. The first kappa shape index (κ1) is 14.8. The fraction of sp³-hybridized carbons (Fsp3) is 0.500. The highest BCUT2D eigenvalue weighted by Crippen LogP contribution is 2.28. The van der Waals surface area contributed by atoms with Crippen LogP contribution >= 0.6 is 12.4 Å². The van der Waals surface area contributed by atoms with E-state index in [1.54, 1.807) is 0 Å². The van der Waals surface area contributed by atoms with Crippen LogP contribution in [0.2, 0.25) is 0 Å². The number of benzene rings is 1. The molecule has 0 aromatic heterocycles. The lowest BCUT2D eigenvalue weighted by atomic mass is 10.0. The van der Waals surface area contributed by atoms with Gasteiger partial charge in [-0.2, -0.15) is 0 Å². The van der Waals surface area contributed by atoms with Crippen molar-refractivity contribution in [3.05, 3.63) is 30.3 Å². The van der Waals surface area contributed by atoms with E-state index in [4.69, 9.17) is 0 Å². The van der Waals surface area contributed by atoms with Crippen LogP contribution in [0.15, 0.2) is 30.3 Å². The predicted octanol–water partition coefficient (Wildman–Crippen LogP) is 2.97. The lowest BCUT2D eigenvalue weighted by molar-refractivity contribution is -0.121. The molecule has 0 unspecified atom stereocenters. The second kappa shape index (κ2) is 6.64. The van der Waals surface area contributed by atoms with Gasteiger partial charge in [0.15, 0.2) is 0 Å². The minimum atomic E-state index is 0. The minimum Gasteiger partial charge on any atom is -0.376 e. The van der Waals surface area contributed by atoms with E-state index in [1.165, 1.54) is 12.8 Å². The molecular weight excluding hydrogens is 248 g/mol. The third-order valence-electron chi connectivity index (χ3n) is 3.38. The van der Waals surface area contributed by atoms with E-state index in [-0.39, 0.29) is 23.9 Å². The SMILES string of the molecule is CC1(NC(=O)CNc2ccccc2)CCCC1.Cl. The summed E-state index contributed by atoms with van der Waals surface area (Å²) in [5.41, 5.74) is 1.01. The van der Waals surface area contributed by atoms with E-state index in [2.05, 4.69) is 17.6 Å². The fourth-order valence-corrected chi connectivity index (χ4v) is 2.40. The van der Waals surface area contributed by atoms with Gasteiger partial charge in [0.05, 0.1) is 6.54 Å². The van der Waals surface area contributed by atoms with E-state index in [1.807, 2.05) is 30.3 Å². The van der Waals surface area contributed by atoms with Crippen LogP contribution in [0.4, 0.5) is 5.69 Å². The maximum Gasteiger partial charge on any atom is 0.239 e. The van der Waals surface area contributed by atoms with Gasteiger partial charge in [0.25, 0.3) is 0 Å². The molecule has 0 heterocycles. The molecule has 18 heavy (non-hydrogen) atoms. The first-order chi connectivity index (χ1) is 8.18. The zero-order valence-corrected chi connectivity index (χ0v) is 11.6. The van der Waals surface area contributed by atoms with Crippen molar-refractivity contribution < 1.29 is 4.79 Å². The summed E-state index contributed by atoms with van der Waals surface area (Å²) in [6.45, 7) is 2.49. The van der Waals surface area contributed by atoms with Gasteiger partial charge < -0.3 is 10.6 Å². The molecule has 0 bridgehead atoms. The Kier molecular flexibility index (Phi) is 5.48. The number of hydrogen-bond acceptors (Lipinski definition) is 2. The summed E-state index contributed by atoms with van der Waals surface area (Å²) in [7, 11) is 0. The van der Waals surface area contributed by atoms with Crippen molar-refractivity contribution in [3.63, 3.8) is 0 Å². The molecule has 4 heteroatoms. The van der Waals surface area contributed by atoms with Gasteiger partial charge in [0, 0.05) is 11.2 Å². The number of para-hydroxylation sites is 1. The first-order valence-electron chi connectivity index (χ1n) is 6.28. The number of carbonyl (C=O) groups is 1. The summed E-state index contributed by atoms with van der Waals surface area (Å²) in [6.07, 6.45) is 4.65. The van der Waals surface area contributed by atoms with Crippen molar-refractivity contribution in [2.45, 2.75) is 38.1 Å². The Morgan fingerprint density at radius 3 is 2.44 bits per heavy atom. The summed E-state index contributed by atoms with van der Waals surface area (Å²) < 4.78 is 0. The summed E-state index contributed by atoms with van der Waals surface area (Å²) in [4.78, 5) is 11.8. The van der Waals surface area contributed by atoms with Crippen LogP contribution < -0.4 is 10.6 Å². The fourth-order valence-electron chi connectivity index (χ4n) is 2.40. The number of nitrogens with one attached hydrogen (secondary N) is 2. The van der Waals surface area contributed by atoms with Crippen LogP contribution in [0.3, 0.4) is 0 Å². The zero-order valence-electron chi connectivity index (χ0n) is 10.7. The van der Waals surface area contributed by atoms with Crippen molar-refractivity contribution >= 4 is 24.0 Å². The molecule has 0 saturated heterocycles. The van der Waals surface area contributed by atoms with Gasteiger partial charge in [-0.1, -0.05) is 31.0 Å². The lowest BCUT2D eigenvalue weighted by Crippen LogP contribution is -2.45. The van der Waals surface area contributed by atoms with Crippen LogP contribution in [0.1, 0.15) is 32.6 Å². The second-order valence-corrected chi connectivity index (χ2v) is 5.04. The molecule has 1 fully saturated rings. The summed E-state index contributed by atoms with van der Waals surface area (Å²) in [5.74, 6) is 0.0817. The minimum absolute atomic E-state index is 0. The molecule has 0 atom stereocenters. The molecular formula is C14H21ClN2O. The molecule has 1 aromatic carbocycles. The average molecular weight is 269 g/mol. The maximum absolute atomic E-state index is 11.8. The highest BCUT2D eigenvalue weighted by molar-refractivity contribution is 5.85. The van der Waals surface area contributed by atoms with Crippen molar-refractivity contribution in [1.82, 2.24) is 5.32 Å². The van der Waals surface area contributed by atoms with Gasteiger partial charge in [-0.15, -0.1) is 12.4 Å². The Labute approximate surface area is 115 Å². The molecule has 1 saturated carbocycles. The van der Waals surface area contributed by atoms with Crippen molar-refractivity contribution in [2.24, 2.45) is 0 Å². The number of carbonyl (C=O) groups excluding carboxylic acids is 1. The van der Waals surface area contributed by atoms with E-state index in [0.29, 0.717) is 6.54 Å². The molecule has 0 radical (unpaired) electrons. The van der Waals surface area contributed by atoms with E-state index in [9.17, 15) is 4.79 Å². The molecule has 1 aliphatic rings. The molecule has 3 nitrogen and oxygen atoms in total. The third kappa shape index (κ3) is 4.22. The van der Waals surface area contributed by atoms with Crippen LogP contribution in [0.5, 0.6) is 0 Å². The number of anilines is 1. The molecule has 0 spiro atoms. The van der Waals surface area contributed by atoms with Crippen LogP contribution in [-0.2, 0) is 4.79 Å². The maximum atomic E-state index is 11.8. The van der Waals surface area contributed by atoms with Crippen molar-refractivity contribution in [1.29, 1.82) is 0 Å². The Hall–Kier alpha value is -1.22.